The molecule has 4 nitrogen and oxygen atoms in total. The molecule has 0 spiro atoms. The van der Waals surface area contributed by atoms with E-state index in [1.165, 1.54) is 0 Å². The number of nitrogens with zero attached hydrogens (tertiary/aromatic N) is 2. The molecule has 2 atom stereocenters. The Kier molecular flexibility index (Phi) is 3.27. The molecular formula is C12H25N3O. The van der Waals surface area contributed by atoms with Crippen molar-refractivity contribution in [3.05, 3.63) is 0 Å². The normalized spacial score (nSPS) is 42.8. The molecular weight excluding hydrogens is 202 g/mol. The summed E-state index contributed by atoms with van der Waals surface area (Å²) in [6.45, 7) is 6.85. The molecule has 94 valence electrons. The predicted octanol–water partition coefficient (Wildman–Crippen LogP) is -0.134. The standard InChI is InChI=1S/C12H25N3O/c1-3-15-7-4-5-11(13,9-15)12(16)6-8-14(2)10-12/h16H,3-10,13H2,1-2H3. The fourth-order valence-electron chi connectivity index (χ4n) is 3.21. The molecule has 2 heterocycles. The quantitative estimate of drug-likeness (QED) is 0.690. The molecule has 0 saturated carbocycles. The second kappa shape index (κ2) is 4.26. The van der Waals surface area contributed by atoms with E-state index >= 15 is 0 Å². The highest BCUT2D eigenvalue weighted by molar-refractivity contribution is 5.10. The fourth-order valence-corrected chi connectivity index (χ4v) is 3.21. The molecule has 2 fully saturated rings. The molecule has 0 radical (unpaired) electrons. The molecule has 0 bridgehead atoms. The van der Waals surface area contributed by atoms with Gasteiger partial charge in [-0.05, 0) is 39.4 Å². The van der Waals surface area contributed by atoms with Crippen molar-refractivity contribution < 1.29 is 5.11 Å². The van der Waals surface area contributed by atoms with Crippen LogP contribution in [0.15, 0.2) is 0 Å². The Morgan fingerprint density at radius 2 is 2.00 bits per heavy atom. The van der Waals surface area contributed by atoms with Crippen molar-refractivity contribution in [3.8, 4) is 0 Å². The summed E-state index contributed by atoms with van der Waals surface area (Å²) in [5.74, 6) is 0. The third-order valence-electron chi connectivity index (χ3n) is 4.42. The van der Waals surface area contributed by atoms with Crippen LogP contribution >= 0.6 is 0 Å². The molecule has 0 amide bonds. The van der Waals surface area contributed by atoms with Gasteiger partial charge in [0.2, 0.25) is 0 Å². The summed E-state index contributed by atoms with van der Waals surface area (Å²) in [7, 11) is 2.06. The number of nitrogens with two attached hydrogens (primary N) is 1. The Hall–Kier alpha value is -0.160. The van der Waals surface area contributed by atoms with Gasteiger partial charge in [-0.25, -0.2) is 0 Å². The van der Waals surface area contributed by atoms with Gasteiger partial charge >= 0.3 is 0 Å². The molecule has 0 aromatic heterocycles. The molecule has 0 aromatic rings. The minimum Gasteiger partial charge on any atom is -0.387 e. The highest BCUT2D eigenvalue weighted by Gasteiger charge is 2.52. The SMILES string of the molecule is CCN1CCCC(N)(C2(O)CCN(C)C2)C1. The summed E-state index contributed by atoms with van der Waals surface area (Å²) in [5, 5.41) is 10.8. The van der Waals surface area contributed by atoms with Gasteiger partial charge in [0.1, 0.15) is 0 Å². The van der Waals surface area contributed by atoms with E-state index in [-0.39, 0.29) is 0 Å². The first-order chi connectivity index (χ1) is 7.49. The fraction of sp³-hybridized carbons (Fsp3) is 1.00. The van der Waals surface area contributed by atoms with E-state index < -0.39 is 11.1 Å². The van der Waals surface area contributed by atoms with Crippen LogP contribution in [0.1, 0.15) is 26.2 Å². The topological polar surface area (TPSA) is 52.7 Å². The van der Waals surface area contributed by atoms with Crippen molar-refractivity contribution >= 4 is 0 Å². The summed E-state index contributed by atoms with van der Waals surface area (Å²) in [4.78, 5) is 4.54. The zero-order valence-corrected chi connectivity index (χ0v) is 10.6. The van der Waals surface area contributed by atoms with Gasteiger partial charge in [-0.1, -0.05) is 6.92 Å². The number of hydrogen-bond acceptors (Lipinski definition) is 4. The number of likely N-dealkylation sites (tertiary alicyclic amines) is 2. The van der Waals surface area contributed by atoms with E-state index in [9.17, 15) is 5.11 Å². The van der Waals surface area contributed by atoms with Crippen molar-refractivity contribution in [2.24, 2.45) is 5.73 Å². The molecule has 2 unspecified atom stereocenters. The van der Waals surface area contributed by atoms with Crippen LogP contribution in [0, 0.1) is 0 Å². The summed E-state index contributed by atoms with van der Waals surface area (Å²) in [6.07, 6.45) is 2.88. The predicted molar refractivity (Wildman–Crippen MR) is 65.3 cm³/mol. The zero-order chi connectivity index (χ0) is 11.8. The lowest BCUT2D eigenvalue weighted by Crippen LogP contribution is -2.68. The van der Waals surface area contributed by atoms with E-state index in [2.05, 4.69) is 23.8 Å². The lowest BCUT2D eigenvalue weighted by atomic mass is 9.74. The Morgan fingerprint density at radius 1 is 1.25 bits per heavy atom. The molecule has 0 aliphatic carbocycles. The first-order valence-corrected chi connectivity index (χ1v) is 6.41. The summed E-state index contributed by atoms with van der Waals surface area (Å²) >= 11 is 0. The monoisotopic (exact) mass is 227 g/mol. The third-order valence-corrected chi connectivity index (χ3v) is 4.42. The number of β-amino-alcohol motifs (C(OH)–C–C–N with tert-alkyl or cyclic N) is 1. The van der Waals surface area contributed by atoms with Crippen LogP contribution < -0.4 is 5.73 Å². The molecule has 2 rings (SSSR count). The van der Waals surface area contributed by atoms with Crippen LogP contribution in [0.2, 0.25) is 0 Å². The molecule has 4 heteroatoms. The van der Waals surface area contributed by atoms with Crippen LogP contribution in [0.3, 0.4) is 0 Å². The molecule has 3 N–H and O–H groups in total. The minimum absolute atomic E-state index is 0.411. The van der Waals surface area contributed by atoms with Gasteiger partial charge < -0.3 is 20.6 Å². The van der Waals surface area contributed by atoms with Crippen molar-refractivity contribution in [2.75, 3.05) is 39.8 Å². The minimum atomic E-state index is -0.685. The van der Waals surface area contributed by atoms with Gasteiger partial charge in [0.05, 0.1) is 11.1 Å². The van der Waals surface area contributed by atoms with Gasteiger partial charge in [0.25, 0.3) is 0 Å². The van der Waals surface area contributed by atoms with E-state index in [1.54, 1.807) is 0 Å². The second-order valence-electron chi connectivity index (χ2n) is 5.65. The molecule has 16 heavy (non-hydrogen) atoms. The third kappa shape index (κ3) is 1.99. The maximum atomic E-state index is 10.8. The van der Waals surface area contributed by atoms with Gasteiger partial charge in [-0.3, -0.25) is 0 Å². The van der Waals surface area contributed by atoms with Gasteiger partial charge in [-0.15, -0.1) is 0 Å². The summed E-state index contributed by atoms with van der Waals surface area (Å²) < 4.78 is 0. The summed E-state index contributed by atoms with van der Waals surface area (Å²) in [6, 6.07) is 0. The highest BCUT2D eigenvalue weighted by atomic mass is 16.3. The average Bonchev–Trinajstić information content (AvgIpc) is 2.60. The van der Waals surface area contributed by atoms with Crippen molar-refractivity contribution in [1.82, 2.24) is 9.80 Å². The van der Waals surface area contributed by atoms with Crippen molar-refractivity contribution in [3.63, 3.8) is 0 Å². The van der Waals surface area contributed by atoms with Crippen molar-refractivity contribution in [1.29, 1.82) is 0 Å². The Labute approximate surface area is 98.4 Å². The average molecular weight is 227 g/mol. The lowest BCUT2D eigenvalue weighted by Gasteiger charge is -2.48. The van der Waals surface area contributed by atoms with Crippen LogP contribution in [-0.2, 0) is 0 Å². The van der Waals surface area contributed by atoms with Gasteiger partial charge in [-0.2, -0.15) is 0 Å². The molecule has 2 saturated heterocycles. The van der Waals surface area contributed by atoms with Crippen LogP contribution in [-0.4, -0.2) is 65.8 Å². The Bertz CT molecular complexity index is 261. The van der Waals surface area contributed by atoms with E-state index in [0.29, 0.717) is 0 Å². The maximum Gasteiger partial charge on any atom is 0.0976 e. The number of rotatable bonds is 2. The summed E-state index contributed by atoms with van der Waals surface area (Å²) in [5.41, 5.74) is 5.41. The zero-order valence-electron chi connectivity index (χ0n) is 10.6. The largest absolute Gasteiger partial charge is 0.387 e. The molecule has 2 aliphatic heterocycles. The van der Waals surface area contributed by atoms with E-state index in [0.717, 1.165) is 52.0 Å². The molecule has 0 aromatic carbocycles. The van der Waals surface area contributed by atoms with Gasteiger partial charge in [0.15, 0.2) is 0 Å². The van der Waals surface area contributed by atoms with Crippen LogP contribution in [0.5, 0.6) is 0 Å². The Balaban J connectivity index is 2.11. The number of piperidine rings is 1. The Morgan fingerprint density at radius 3 is 2.56 bits per heavy atom. The number of likely N-dealkylation sites (N-methyl/N-ethyl adjacent to an activating group) is 2. The first kappa shape index (κ1) is 12.3. The van der Waals surface area contributed by atoms with E-state index in [4.69, 9.17) is 5.73 Å². The van der Waals surface area contributed by atoms with Gasteiger partial charge in [0, 0.05) is 19.6 Å². The highest BCUT2D eigenvalue weighted by Crippen LogP contribution is 2.35. The second-order valence-corrected chi connectivity index (χ2v) is 5.65. The van der Waals surface area contributed by atoms with Crippen LogP contribution in [0.4, 0.5) is 0 Å². The molecule has 2 aliphatic rings. The smallest absolute Gasteiger partial charge is 0.0976 e. The number of aliphatic hydroxyl groups is 1. The van der Waals surface area contributed by atoms with Crippen molar-refractivity contribution in [2.45, 2.75) is 37.3 Å². The lowest BCUT2D eigenvalue weighted by molar-refractivity contribution is -0.0558. The van der Waals surface area contributed by atoms with Crippen LogP contribution in [0.25, 0.3) is 0 Å². The number of hydrogen-bond donors (Lipinski definition) is 2. The maximum absolute atomic E-state index is 10.8. The van der Waals surface area contributed by atoms with E-state index in [1.807, 2.05) is 0 Å². The first-order valence-electron chi connectivity index (χ1n) is 6.41.